The van der Waals surface area contributed by atoms with E-state index in [1.807, 2.05) is 0 Å². The fourth-order valence-corrected chi connectivity index (χ4v) is 4.13. The molecule has 0 atom stereocenters. The summed E-state index contributed by atoms with van der Waals surface area (Å²) < 4.78 is 16.6. The second kappa shape index (κ2) is 7.66. The summed E-state index contributed by atoms with van der Waals surface area (Å²) in [7, 11) is 0. The van der Waals surface area contributed by atoms with Gasteiger partial charge in [0.1, 0.15) is 11.5 Å². The van der Waals surface area contributed by atoms with Gasteiger partial charge >= 0.3 is 6.09 Å². The first-order valence-electron chi connectivity index (χ1n) is 9.80. The second-order valence-electron chi connectivity index (χ2n) is 7.22. The van der Waals surface area contributed by atoms with Crippen LogP contribution in [0.1, 0.15) is 36.5 Å². The third-order valence-electron chi connectivity index (χ3n) is 5.48. The molecule has 3 aliphatic rings. The summed E-state index contributed by atoms with van der Waals surface area (Å²) in [5.41, 5.74) is 3.24. The van der Waals surface area contributed by atoms with Crippen LogP contribution in [0.4, 0.5) is 4.79 Å². The standard InChI is InChI=1S/C20H26N2O5/c1-2-25-20(24)22-7-3-14(4-8-22)21-18(23)12-16-15-6-10-26-17(15)11-13-5-9-27-19(13)16/h11,14H,2-10,12H2,1H3,(H,21,23). The van der Waals surface area contributed by atoms with Gasteiger partial charge in [0, 0.05) is 48.7 Å². The van der Waals surface area contributed by atoms with Crippen LogP contribution in [-0.4, -0.2) is 55.9 Å². The SMILES string of the molecule is CCOC(=O)N1CCC(NC(=O)Cc2c3c(cc4c2OCC4)OCC3)CC1. The summed E-state index contributed by atoms with van der Waals surface area (Å²) in [6, 6.07) is 2.15. The minimum atomic E-state index is -0.269. The normalized spacial score (nSPS) is 18.3. The number of hydrogen-bond acceptors (Lipinski definition) is 5. The molecule has 0 saturated carbocycles. The maximum atomic E-state index is 12.7. The predicted molar refractivity (Wildman–Crippen MR) is 98.3 cm³/mol. The highest BCUT2D eigenvalue weighted by atomic mass is 16.6. The molecule has 1 aromatic carbocycles. The lowest BCUT2D eigenvalue weighted by molar-refractivity contribution is -0.121. The number of carbonyl (C=O) groups is 2. The van der Waals surface area contributed by atoms with Crippen LogP contribution in [0.25, 0.3) is 0 Å². The molecule has 0 bridgehead atoms. The van der Waals surface area contributed by atoms with Gasteiger partial charge in [-0.25, -0.2) is 4.79 Å². The predicted octanol–water partition coefficient (Wildman–Crippen LogP) is 1.84. The number of nitrogens with one attached hydrogen (secondary N) is 1. The Bertz CT molecular complexity index is 708. The molecule has 1 fully saturated rings. The number of piperidine rings is 1. The van der Waals surface area contributed by atoms with Crippen molar-refractivity contribution in [3.8, 4) is 11.5 Å². The van der Waals surface area contributed by atoms with Crippen LogP contribution < -0.4 is 14.8 Å². The Morgan fingerprint density at radius 2 is 2.00 bits per heavy atom. The van der Waals surface area contributed by atoms with Gasteiger partial charge in [0.15, 0.2) is 0 Å². The zero-order valence-corrected chi connectivity index (χ0v) is 15.7. The molecule has 3 heterocycles. The number of rotatable bonds is 4. The monoisotopic (exact) mass is 374 g/mol. The van der Waals surface area contributed by atoms with E-state index in [1.165, 1.54) is 0 Å². The van der Waals surface area contributed by atoms with Gasteiger partial charge in [-0.05, 0) is 25.8 Å². The molecule has 0 unspecified atom stereocenters. The molecule has 0 radical (unpaired) electrons. The van der Waals surface area contributed by atoms with E-state index < -0.39 is 0 Å². The minimum Gasteiger partial charge on any atom is -0.493 e. The van der Waals surface area contributed by atoms with E-state index in [9.17, 15) is 9.59 Å². The lowest BCUT2D eigenvalue weighted by Gasteiger charge is -2.31. The molecule has 0 spiro atoms. The molecule has 2 amide bonds. The molecule has 1 aromatic rings. The Morgan fingerprint density at radius 3 is 2.78 bits per heavy atom. The van der Waals surface area contributed by atoms with Crippen molar-refractivity contribution in [2.24, 2.45) is 0 Å². The first kappa shape index (κ1) is 17.9. The largest absolute Gasteiger partial charge is 0.493 e. The van der Waals surface area contributed by atoms with E-state index in [4.69, 9.17) is 14.2 Å². The van der Waals surface area contributed by atoms with Crippen molar-refractivity contribution in [1.29, 1.82) is 0 Å². The van der Waals surface area contributed by atoms with E-state index in [2.05, 4.69) is 11.4 Å². The Labute approximate surface area is 158 Å². The average molecular weight is 374 g/mol. The van der Waals surface area contributed by atoms with E-state index in [0.29, 0.717) is 39.3 Å². The van der Waals surface area contributed by atoms with E-state index in [1.54, 1.807) is 11.8 Å². The van der Waals surface area contributed by atoms with E-state index in [0.717, 1.165) is 53.9 Å². The van der Waals surface area contributed by atoms with Gasteiger partial charge in [-0.15, -0.1) is 0 Å². The number of hydrogen-bond donors (Lipinski definition) is 1. The highest BCUT2D eigenvalue weighted by Crippen LogP contribution is 2.40. The fourth-order valence-electron chi connectivity index (χ4n) is 4.13. The van der Waals surface area contributed by atoms with Crippen molar-refractivity contribution in [2.75, 3.05) is 32.9 Å². The number of carbonyl (C=O) groups excluding carboxylic acids is 2. The summed E-state index contributed by atoms with van der Waals surface area (Å²) in [6.45, 7) is 4.73. The van der Waals surface area contributed by atoms with Crippen LogP contribution in [0.2, 0.25) is 0 Å². The molecular formula is C20H26N2O5. The summed E-state index contributed by atoms with van der Waals surface area (Å²) in [6.07, 6.45) is 3.23. The highest BCUT2D eigenvalue weighted by molar-refractivity contribution is 5.81. The number of ether oxygens (including phenoxy) is 3. The van der Waals surface area contributed by atoms with Gasteiger partial charge in [-0.2, -0.15) is 0 Å². The maximum Gasteiger partial charge on any atom is 0.409 e. The maximum absolute atomic E-state index is 12.7. The van der Waals surface area contributed by atoms with Crippen LogP contribution in [-0.2, 0) is 28.8 Å². The first-order chi connectivity index (χ1) is 13.2. The number of fused-ring (bicyclic) bond motifs is 2. The zero-order valence-electron chi connectivity index (χ0n) is 15.7. The average Bonchev–Trinajstić information content (AvgIpc) is 3.31. The van der Waals surface area contributed by atoms with Crippen molar-refractivity contribution < 1.29 is 23.8 Å². The van der Waals surface area contributed by atoms with Gasteiger partial charge in [0.05, 0.1) is 26.2 Å². The smallest absolute Gasteiger partial charge is 0.409 e. The highest BCUT2D eigenvalue weighted by Gasteiger charge is 2.29. The Balaban J connectivity index is 1.37. The molecule has 3 aliphatic heterocycles. The Kier molecular flexibility index (Phi) is 5.09. The topological polar surface area (TPSA) is 77.1 Å². The molecule has 27 heavy (non-hydrogen) atoms. The lowest BCUT2D eigenvalue weighted by atomic mass is 9.96. The minimum absolute atomic E-state index is 0.00239. The summed E-state index contributed by atoms with van der Waals surface area (Å²) in [5.74, 6) is 1.79. The molecule has 7 nitrogen and oxygen atoms in total. The van der Waals surface area contributed by atoms with Crippen LogP contribution >= 0.6 is 0 Å². The summed E-state index contributed by atoms with van der Waals surface area (Å²) >= 11 is 0. The molecule has 1 saturated heterocycles. The van der Waals surface area contributed by atoms with Gasteiger partial charge in [0.25, 0.3) is 0 Å². The third-order valence-corrected chi connectivity index (χ3v) is 5.48. The lowest BCUT2D eigenvalue weighted by Crippen LogP contribution is -2.47. The van der Waals surface area contributed by atoms with E-state index >= 15 is 0 Å². The van der Waals surface area contributed by atoms with Crippen LogP contribution in [0.15, 0.2) is 6.07 Å². The molecule has 1 N–H and O–H groups in total. The molecule has 0 aliphatic carbocycles. The van der Waals surface area contributed by atoms with Crippen molar-refractivity contribution >= 4 is 12.0 Å². The summed E-state index contributed by atoms with van der Waals surface area (Å²) in [5, 5.41) is 3.13. The number of amides is 2. The molecule has 4 rings (SSSR count). The molecule has 7 heteroatoms. The van der Waals surface area contributed by atoms with Gasteiger partial charge in [-0.3, -0.25) is 4.79 Å². The Hall–Kier alpha value is -2.44. The van der Waals surface area contributed by atoms with Gasteiger partial charge in [0.2, 0.25) is 5.91 Å². The quantitative estimate of drug-likeness (QED) is 0.870. The van der Waals surface area contributed by atoms with Crippen LogP contribution in [0, 0.1) is 0 Å². The number of likely N-dealkylation sites (tertiary alicyclic amines) is 1. The van der Waals surface area contributed by atoms with Gasteiger partial charge in [-0.1, -0.05) is 0 Å². The zero-order chi connectivity index (χ0) is 18.8. The molecule has 0 aromatic heterocycles. The van der Waals surface area contributed by atoms with Crippen molar-refractivity contribution in [2.45, 2.75) is 45.1 Å². The Morgan fingerprint density at radius 1 is 1.22 bits per heavy atom. The van der Waals surface area contributed by atoms with Crippen molar-refractivity contribution in [3.63, 3.8) is 0 Å². The third kappa shape index (κ3) is 3.68. The summed E-state index contributed by atoms with van der Waals surface area (Å²) in [4.78, 5) is 26.2. The number of benzene rings is 1. The van der Waals surface area contributed by atoms with Crippen LogP contribution in [0.5, 0.6) is 11.5 Å². The van der Waals surface area contributed by atoms with Crippen molar-refractivity contribution in [1.82, 2.24) is 10.2 Å². The van der Waals surface area contributed by atoms with Gasteiger partial charge < -0.3 is 24.4 Å². The first-order valence-corrected chi connectivity index (χ1v) is 9.80. The molecular weight excluding hydrogens is 348 g/mol. The van der Waals surface area contributed by atoms with Crippen LogP contribution in [0.3, 0.4) is 0 Å². The van der Waals surface area contributed by atoms with Crippen molar-refractivity contribution in [3.05, 3.63) is 22.8 Å². The molecule has 146 valence electrons. The number of nitrogens with zero attached hydrogens (tertiary/aromatic N) is 1. The fraction of sp³-hybridized carbons (Fsp3) is 0.600. The second-order valence-corrected chi connectivity index (χ2v) is 7.22. The van der Waals surface area contributed by atoms with E-state index in [-0.39, 0.29) is 18.0 Å².